The van der Waals surface area contributed by atoms with Crippen LogP contribution in [0.5, 0.6) is 0 Å². The summed E-state index contributed by atoms with van der Waals surface area (Å²) in [7, 11) is 2.04. The molecule has 2 aromatic heterocycles. The number of para-hydroxylation sites is 1. The minimum Gasteiger partial charge on any atom is -0.357 e. The van der Waals surface area contributed by atoms with Gasteiger partial charge in [-0.15, -0.1) is 11.3 Å². The number of aromatic nitrogens is 3. The van der Waals surface area contributed by atoms with Crippen molar-refractivity contribution >= 4 is 17.3 Å². The highest BCUT2D eigenvalue weighted by atomic mass is 32.1. The number of benzene rings is 1. The smallest absolute Gasteiger partial charge is 0.194 e. The number of rotatable bonds is 6. The van der Waals surface area contributed by atoms with E-state index in [9.17, 15) is 0 Å². The summed E-state index contributed by atoms with van der Waals surface area (Å²) < 4.78 is 1.89. The Bertz CT molecular complexity index is 852. The van der Waals surface area contributed by atoms with Gasteiger partial charge in [0.25, 0.3) is 0 Å². The molecule has 0 radical (unpaired) electrons. The van der Waals surface area contributed by atoms with E-state index in [2.05, 4.69) is 40.3 Å². The molecule has 3 rings (SSSR count). The van der Waals surface area contributed by atoms with E-state index in [1.807, 2.05) is 54.5 Å². The monoisotopic (exact) mass is 368 g/mol. The molecule has 136 valence electrons. The summed E-state index contributed by atoms with van der Waals surface area (Å²) in [5, 5.41) is 8.84. The van der Waals surface area contributed by atoms with Crippen LogP contribution in [0.3, 0.4) is 0 Å². The molecule has 0 aliphatic heterocycles. The molecule has 2 heterocycles. The average molecular weight is 369 g/mol. The molecule has 3 aromatic rings. The zero-order valence-corrected chi connectivity index (χ0v) is 16.2. The van der Waals surface area contributed by atoms with Crippen LogP contribution in [0.1, 0.15) is 22.4 Å². The second-order valence-electron chi connectivity index (χ2n) is 6.02. The maximum Gasteiger partial charge on any atom is 0.194 e. The Morgan fingerprint density at radius 1 is 1.27 bits per heavy atom. The van der Waals surface area contributed by atoms with Crippen LogP contribution in [0, 0.1) is 6.92 Å². The average Bonchev–Trinajstić information content (AvgIpc) is 3.28. The fourth-order valence-electron chi connectivity index (χ4n) is 2.60. The Morgan fingerprint density at radius 3 is 2.77 bits per heavy atom. The highest BCUT2D eigenvalue weighted by Gasteiger charge is 2.09. The Labute approximate surface area is 158 Å². The Kier molecular flexibility index (Phi) is 6.01. The van der Waals surface area contributed by atoms with E-state index in [-0.39, 0.29) is 0 Å². The van der Waals surface area contributed by atoms with Crippen molar-refractivity contribution in [3.8, 4) is 5.69 Å². The maximum atomic E-state index is 4.71. The van der Waals surface area contributed by atoms with E-state index >= 15 is 0 Å². The predicted octanol–water partition coefficient (Wildman–Crippen LogP) is 3.23. The lowest BCUT2D eigenvalue weighted by Crippen LogP contribution is -2.38. The van der Waals surface area contributed by atoms with Crippen molar-refractivity contribution in [2.45, 2.75) is 26.9 Å². The second kappa shape index (κ2) is 8.62. The summed E-state index contributed by atoms with van der Waals surface area (Å²) in [5.41, 5.74) is 2.19. The number of guanidine groups is 1. The summed E-state index contributed by atoms with van der Waals surface area (Å²) in [6.07, 6.45) is 5.85. The minimum absolute atomic E-state index is 0.592. The van der Waals surface area contributed by atoms with Gasteiger partial charge in [-0.3, -0.25) is 0 Å². The molecular weight excluding hydrogens is 344 g/mol. The van der Waals surface area contributed by atoms with E-state index in [1.54, 1.807) is 11.3 Å². The first-order valence-electron chi connectivity index (χ1n) is 8.65. The van der Waals surface area contributed by atoms with Crippen molar-refractivity contribution in [1.29, 1.82) is 0 Å². The van der Waals surface area contributed by atoms with Gasteiger partial charge >= 0.3 is 0 Å². The van der Waals surface area contributed by atoms with Crippen LogP contribution in [0.2, 0.25) is 0 Å². The van der Waals surface area contributed by atoms with Crippen LogP contribution < -0.4 is 5.32 Å². The van der Waals surface area contributed by atoms with Gasteiger partial charge < -0.3 is 10.2 Å². The van der Waals surface area contributed by atoms with Gasteiger partial charge in [-0.25, -0.2) is 14.7 Å². The van der Waals surface area contributed by atoms with Crippen LogP contribution in [0.25, 0.3) is 5.69 Å². The van der Waals surface area contributed by atoms with Crippen LogP contribution in [0.15, 0.2) is 53.9 Å². The molecule has 0 atom stereocenters. The third-order valence-electron chi connectivity index (χ3n) is 3.81. The number of thiazole rings is 1. The van der Waals surface area contributed by atoms with Crippen molar-refractivity contribution < 1.29 is 0 Å². The summed E-state index contributed by atoms with van der Waals surface area (Å²) in [6.45, 7) is 6.28. The van der Waals surface area contributed by atoms with Crippen molar-refractivity contribution in [2.24, 2.45) is 4.99 Å². The summed E-state index contributed by atoms with van der Waals surface area (Å²) in [4.78, 5) is 12.4. The van der Waals surface area contributed by atoms with Crippen LogP contribution in [0.4, 0.5) is 0 Å². The molecule has 0 fully saturated rings. The van der Waals surface area contributed by atoms with Crippen molar-refractivity contribution in [3.63, 3.8) is 0 Å². The van der Waals surface area contributed by atoms with Crippen LogP contribution in [-0.4, -0.2) is 39.2 Å². The molecular formula is C19H24N6S. The number of hydrogen-bond donors (Lipinski definition) is 1. The molecule has 26 heavy (non-hydrogen) atoms. The quantitative estimate of drug-likeness (QED) is 0.536. The minimum atomic E-state index is 0.592. The first-order valence-corrected chi connectivity index (χ1v) is 9.47. The molecule has 1 N–H and O–H groups in total. The fraction of sp³-hybridized carbons (Fsp3) is 0.316. The SMILES string of the molecule is CCNC(=NCc1ncc(C)s1)N(C)Cc1cnn(-c2ccccc2)c1. The Hall–Kier alpha value is -2.67. The zero-order chi connectivity index (χ0) is 18.4. The molecule has 0 aliphatic carbocycles. The van der Waals surface area contributed by atoms with E-state index in [0.29, 0.717) is 6.54 Å². The number of hydrogen-bond acceptors (Lipinski definition) is 4. The Morgan fingerprint density at radius 2 is 2.08 bits per heavy atom. The molecule has 0 spiro atoms. The predicted molar refractivity (Wildman–Crippen MR) is 107 cm³/mol. The number of nitrogens with one attached hydrogen (secondary N) is 1. The van der Waals surface area contributed by atoms with E-state index in [0.717, 1.165) is 35.3 Å². The van der Waals surface area contributed by atoms with Crippen LogP contribution in [-0.2, 0) is 13.1 Å². The molecule has 6 nitrogen and oxygen atoms in total. The molecule has 7 heteroatoms. The highest BCUT2D eigenvalue weighted by molar-refractivity contribution is 7.11. The van der Waals surface area contributed by atoms with Crippen LogP contribution >= 0.6 is 11.3 Å². The number of aliphatic imine (C=N–C) groups is 1. The zero-order valence-electron chi connectivity index (χ0n) is 15.4. The third kappa shape index (κ3) is 4.70. The molecule has 0 saturated carbocycles. The number of aryl methyl sites for hydroxylation is 1. The summed E-state index contributed by atoms with van der Waals surface area (Å²) >= 11 is 1.69. The van der Waals surface area contributed by atoms with Gasteiger partial charge in [0.15, 0.2) is 5.96 Å². The van der Waals surface area contributed by atoms with Gasteiger partial charge in [0.2, 0.25) is 0 Å². The van der Waals surface area contributed by atoms with Crippen molar-refractivity contribution in [1.82, 2.24) is 25.0 Å². The van der Waals surface area contributed by atoms with Gasteiger partial charge in [-0.2, -0.15) is 5.10 Å². The van der Waals surface area contributed by atoms with E-state index in [1.165, 1.54) is 4.88 Å². The molecule has 0 unspecified atom stereocenters. The van der Waals surface area contributed by atoms with Crippen molar-refractivity contribution in [2.75, 3.05) is 13.6 Å². The standard InChI is InChI=1S/C19H24N6S/c1-4-20-19(22-12-18-21-10-15(2)26-18)24(3)13-16-11-23-25(14-16)17-8-6-5-7-9-17/h5-11,14H,4,12-13H2,1-3H3,(H,20,22). The van der Waals surface area contributed by atoms with E-state index in [4.69, 9.17) is 4.99 Å². The summed E-state index contributed by atoms with van der Waals surface area (Å²) in [5.74, 6) is 0.868. The van der Waals surface area contributed by atoms with Gasteiger partial charge in [0.1, 0.15) is 5.01 Å². The topological polar surface area (TPSA) is 58.3 Å². The van der Waals surface area contributed by atoms with Gasteiger partial charge in [0.05, 0.1) is 18.4 Å². The normalized spacial score (nSPS) is 11.6. The lowest BCUT2D eigenvalue weighted by Gasteiger charge is -2.21. The van der Waals surface area contributed by atoms with E-state index < -0.39 is 0 Å². The second-order valence-corrected chi connectivity index (χ2v) is 7.34. The summed E-state index contributed by atoms with van der Waals surface area (Å²) in [6, 6.07) is 10.1. The lowest BCUT2D eigenvalue weighted by molar-refractivity contribution is 0.476. The molecule has 0 saturated heterocycles. The fourth-order valence-corrected chi connectivity index (χ4v) is 3.31. The third-order valence-corrected chi connectivity index (χ3v) is 4.70. The van der Waals surface area contributed by atoms with Gasteiger partial charge in [-0.05, 0) is 26.0 Å². The Balaban J connectivity index is 1.68. The molecule has 0 bridgehead atoms. The first kappa shape index (κ1) is 18.1. The highest BCUT2D eigenvalue weighted by Crippen LogP contribution is 2.13. The van der Waals surface area contributed by atoms with Gasteiger partial charge in [0, 0.05) is 43.0 Å². The maximum absolute atomic E-state index is 4.71. The van der Waals surface area contributed by atoms with Gasteiger partial charge in [-0.1, -0.05) is 18.2 Å². The lowest BCUT2D eigenvalue weighted by atomic mass is 10.3. The molecule has 0 aliphatic rings. The molecule has 0 amide bonds. The number of nitrogens with zero attached hydrogens (tertiary/aromatic N) is 5. The molecule has 1 aromatic carbocycles. The largest absolute Gasteiger partial charge is 0.357 e. The first-order chi connectivity index (χ1) is 12.7. The van der Waals surface area contributed by atoms with Crippen molar-refractivity contribution in [3.05, 3.63) is 64.4 Å².